The smallest absolute Gasteiger partial charge is 0.321 e. The minimum atomic E-state index is -0.0483. The fraction of sp³-hybridized carbons (Fsp3) is 0.421. The summed E-state index contributed by atoms with van der Waals surface area (Å²) in [4.78, 5) is 29.0. The molecule has 1 aromatic rings. The molecule has 0 bridgehead atoms. The number of aliphatic imine (C=N–C) groups is 2. The van der Waals surface area contributed by atoms with Gasteiger partial charge in [0.05, 0.1) is 18.9 Å². The standard InChI is InChI=1S/C19H24N6OS/c1-14-12-20-18-11-17(21-13-25(14)18)23-7-9-24(10-8-23)19(26)22-15-3-5-16(27-2)6-4-15/h3-6,11,13-14H,7-10,12H2,1-2H3,(H,22,26)/t14-/m1/s1. The van der Waals surface area contributed by atoms with Crippen LogP contribution in [-0.4, -0.2) is 77.9 Å². The Morgan fingerprint density at radius 1 is 1.19 bits per heavy atom. The fourth-order valence-electron chi connectivity index (χ4n) is 3.38. The molecule has 142 valence electrons. The Hall–Kier alpha value is -2.48. The van der Waals surface area contributed by atoms with Gasteiger partial charge in [-0.15, -0.1) is 11.8 Å². The first kappa shape index (κ1) is 17.9. The van der Waals surface area contributed by atoms with Crippen molar-refractivity contribution < 1.29 is 4.79 Å². The number of rotatable bonds is 3. The van der Waals surface area contributed by atoms with Crippen molar-refractivity contribution in [1.29, 1.82) is 0 Å². The van der Waals surface area contributed by atoms with E-state index in [4.69, 9.17) is 0 Å². The highest BCUT2D eigenvalue weighted by Crippen LogP contribution is 2.20. The maximum atomic E-state index is 12.5. The highest BCUT2D eigenvalue weighted by atomic mass is 32.2. The van der Waals surface area contributed by atoms with Crippen molar-refractivity contribution in [2.45, 2.75) is 17.9 Å². The Morgan fingerprint density at radius 2 is 1.93 bits per heavy atom. The van der Waals surface area contributed by atoms with Crippen molar-refractivity contribution in [3.8, 4) is 0 Å². The van der Waals surface area contributed by atoms with Crippen LogP contribution in [0.15, 0.2) is 51.0 Å². The van der Waals surface area contributed by atoms with Crippen molar-refractivity contribution in [2.24, 2.45) is 9.98 Å². The lowest BCUT2D eigenvalue weighted by Crippen LogP contribution is -2.50. The molecule has 1 aromatic carbocycles. The summed E-state index contributed by atoms with van der Waals surface area (Å²) in [5.41, 5.74) is 0.827. The molecule has 2 amide bonds. The molecule has 0 spiro atoms. The summed E-state index contributed by atoms with van der Waals surface area (Å²) in [6, 6.07) is 8.25. The number of amides is 2. The van der Waals surface area contributed by atoms with Crippen molar-refractivity contribution in [3.63, 3.8) is 0 Å². The highest BCUT2D eigenvalue weighted by Gasteiger charge is 2.28. The molecular formula is C19H24N6OS. The number of amidine groups is 1. The Morgan fingerprint density at radius 3 is 2.63 bits per heavy atom. The number of hydrogen-bond donors (Lipinski definition) is 1. The number of carbonyl (C=O) groups excluding carboxylic acids is 1. The molecule has 1 N–H and O–H groups in total. The van der Waals surface area contributed by atoms with Gasteiger partial charge in [0.2, 0.25) is 0 Å². The van der Waals surface area contributed by atoms with Crippen LogP contribution < -0.4 is 5.32 Å². The van der Waals surface area contributed by atoms with Crippen LogP contribution >= 0.6 is 11.8 Å². The average Bonchev–Trinajstić information content (AvgIpc) is 3.09. The number of nitrogens with one attached hydrogen (secondary N) is 1. The van der Waals surface area contributed by atoms with Crippen LogP contribution in [0.25, 0.3) is 0 Å². The molecule has 3 heterocycles. The number of benzene rings is 1. The van der Waals surface area contributed by atoms with E-state index < -0.39 is 0 Å². The molecule has 0 radical (unpaired) electrons. The van der Waals surface area contributed by atoms with Crippen LogP contribution in [0.4, 0.5) is 10.5 Å². The first-order chi connectivity index (χ1) is 13.1. The van der Waals surface area contributed by atoms with Gasteiger partial charge in [0.25, 0.3) is 0 Å². The third kappa shape index (κ3) is 3.80. The van der Waals surface area contributed by atoms with Gasteiger partial charge in [-0.3, -0.25) is 4.99 Å². The van der Waals surface area contributed by atoms with E-state index in [1.165, 1.54) is 4.90 Å². The first-order valence-corrected chi connectivity index (χ1v) is 10.4. The van der Waals surface area contributed by atoms with Gasteiger partial charge >= 0.3 is 6.03 Å². The Bertz CT molecular complexity index is 795. The molecular weight excluding hydrogens is 360 g/mol. The van der Waals surface area contributed by atoms with Gasteiger partial charge < -0.3 is 20.0 Å². The molecule has 1 atom stereocenters. The van der Waals surface area contributed by atoms with E-state index in [0.29, 0.717) is 19.1 Å². The minimum absolute atomic E-state index is 0.0483. The van der Waals surface area contributed by atoms with Crippen LogP contribution in [-0.2, 0) is 0 Å². The van der Waals surface area contributed by atoms with E-state index in [1.54, 1.807) is 11.8 Å². The lowest BCUT2D eigenvalue weighted by Gasteiger charge is -2.37. The quantitative estimate of drug-likeness (QED) is 0.814. The summed E-state index contributed by atoms with van der Waals surface area (Å²) in [5.74, 6) is 1.92. The van der Waals surface area contributed by atoms with E-state index in [1.807, 2.05) is 47.8 Å². The summed E-state index contributed by atoms with van der Waals surface area (Å²) < 4.78 is 0. The van der Waals surface area contributed by atoms with Gasteiger partial charge in [-0.05, 0) is 37.4 Å². The zero-order valence-electron chi connectivity index (χ0n) is 15.6. The molecule has 1 fully saturated rings. The molecule has 8 heteroatoms. The molecule has 1 saturated heterocycles. The molecule has 3 aliphatic heterocycles. The van der Waals surface area contributed by atoms with Gasteiger partial charge in [0, 0.05) is 42.8 Å². The number of urea groups is 1. The largest absolute Gasteiger partial charge is 0.353 e. The van der Waals surface area contributed by atoms with E-state index in [-0.39, 0.29) is 6.03 Å². The van der Waals surface area contributed by atoms with Gasteiger partial charge in [0.1, 0.15) is 11.7 Å². The molecule has 0 aromatic heterocycles. The maximum Gasteiger partial charge on any atom is 0.321 e. The number of piperazine rings is 1. The fourth-order valence-corrected chi connectivity index (χ4v) is 3.78. The predicted molar refractivity (Wildman–Crippen MR) is 111 cm³/mol. The van der Waals surface area contributed by atoms with Gasteiger partial charge in [-0.2, -0.15) is 0 Å². The van der Waals surface area contributed by atoms with E-state index in [9.17, 15) is 4.79 Å². The van der Waals surface area contributed by atoms with Crippen LogP contribution in [0, 0.1) is 0 Å². The SMILES string of the molecule is CSc1ccc(NC(=O)N2CCN(C3=CC4=NC[C@@H](C)N4C=N3)CC2)cc1. The minimum Gasteiger partial charge on any atom is -0.353 e. The topological polar surface area (TPSA) is 63.5 Å². The molecule has 7 nitrogen and oxygen atoms in total. The maximum absolute atomic E-state index is 12.5. The van der Waals surface area contributed by atoms with Gasteiger partial charge in [0.15, 0.2) is 0 Å². The summed E-state index contributed by atoms with van der Waals surface area (Å²) >= 11 is 1.69. The molecule has 0 saturated carbocycles. The summed E-state index contributed by atoms with van der Waals surface area (Å²) in [5, 5.41) is 2.98. The number of nitrogens with zero attached hydrogens (tertiary/aromatic N) is 5. The summed E-state index contributed by atoms with van der Waals surface area (Å²) in [6.45, 7) is 5.85. The van der Waals surface area contributed by atoms with Crippen LogP contribution in [0.3, 0.4) is 0 Å². The second-order valence-electron chi connectivity index (χ2n) is 6.84. The van der Waals surface area contributed by atoms with Crippen molar-refractivity contribution in [3.05, 3.63) is 36.2 Å². The lowest BCUT2D eigenvalue weighted by molar-refractivity contribution is 0.166. The summed E-state index contributed by atoms with van der Waals surface area (Å²) in [7, 11) is 0. The van der Waals surface area contributed by atoms with Gasteiger partial charge in [-0.1, -0.05) is 0 Å². The predicted octanol–water partition coefficient (Wildman–Crippen LogP) is 2.54. The molecule has 4 rings (SSSR count). The Balaban J connectivity index is 1.31. The van der Waals surface area contributed by atoms with Crippen LogP contribution in [0.5, 0.6) is 0 Å². The van der Waals surface area contributed by atoms with Gasteiger partial charge in [-0.25, -0.2) is 9.79 Å². The normalized spacial score (nSPS) is 21.7. The number of anilines is 1. The molecule has 3 aliphatic rings. The second kappa shape index (κ2) is 7.64. The highest BCUT2D eigenvalue weighted by molar-refractivity contribution is 7.98. The molecule has 0 aliphatic carbocycles. The van der Waals surface area contributed by atoms with Crippen molar-refractivity contribution >= 4 is 35.7 Å². The van der Waals surface area contributed by atoms with Crippen LogP contribution in [0.1, 0.15) is 6.92 Å². The second-order valence-corrected chi connectivity index (χ2v) is 7.71. The third-order valence-electron chi connectivity index (χ3n) is 5.06. The van der Waals surface area contributed by atoms with Crippen molar-refractivity contribution in [1.82, 2.24) is 14.7 Å². The first-order valence-electron chi connectivity index (χ1n) is 9.17. The van der Waals surface area contributed by atoms with E-state index in [0.717, 1.165) is 37.0 Å². The molecule has 27 heavy (non-hydrogen) atoms. The zero-order valence-corrected chi connectivity index (χ0v) is 16.4. The monoisotopic (exact) mass is 384 g/mol. The van der Waals surface area contributed by atoms with E-state index in [2.05, 4.69) is 32.0 Å². The van der Waals surface area contributed by atoms with Crippen molar-refractivity contribution in [2.75, 3.05) is 44.3 Å². The Labute approximate surface area is 163 Å². The molecule has 0 unspecified atom stereocenters. The third-order valence-corrected chi connectivity index (χ3v) is 5.81. The zero-order chi connectivity index (χ0) is 18.8. The van der Waals surface area contributed by atoms with E-state index >= 15 is 0 Å². The summed E-state index contributed by atoms with van der Waals surface area (Å²) in [6.07, 6.45) is 5.96. The lowest BCUT2D eigenvalue weighted by atomic mass is 10.3. The average molecular weight is 385 g/mol. The number of thioether (sulfide) groups is 1. The van der Waals surface area contributed by atoms with Crippen LogP contribution in [0.2, 0.25) is 0 Å². The number of fused-ring (bicyclic) bond motifs is 1. The number of carbonyl (C=O) groups is 1. The Kier molecular flexibility index (Phi) is 5.07. The number of hydrogen-bond acceptors (Lipinski definition) is 6.